The van der Waals surface area contributed by atoms with Crippen LogP contribution in [0.4, 0.5) is 4.39 Å². The second-order valence-corrected chi connectivity index (χ2v) is 6.75. The molecule has 3 nitrogen and oxygen atoms in total. The van der Waals surface area contributed by atoms with E-state index in [1.807, 2.05) is 34.6 Å². The molecular formula is C16H24FNO2. The molecule has 0 bridgehead atoms. The van der Waals surface area contributed by atoms with Crippen molar-refractivity contribution in [1.82, 2.24) is 0 Å². The minimum absolute atomic E-state index is 0.128. The molecule has 112 valence electrons. The average molecular weight is 281 g/mol. The third-order valence-corrected chi connectivity index (χ3v) is 3.73. The lowest BCUT2D eigenvalue weighted by molar-refractivity contribution is -0.0847. The molecule has 0 spiro atoms. The lowest BCUT2D eigenvalue weighted by atomic mass is 9.97. The van der Waals surface area contributed by atoms with Crippen LogP contribution in [0.25, 0.3) is 0 Å². The predicted molar refractivity (Wildman–Crippen MR) is 77.3 cm³/mol. The van der Waals surface area contributed by atoms with Gasteiger partial charge in [0.15, 0.2) is 0 Å². The maximum Gasteiger partial charge on any atom is 0.130 e. The summed E-state index contributed by atoms with van der Waals surface area (Å²) in [7, 11) is 0. The minimum atomic E-state index is -0.412. The quantitative estimate of drug-likeness (QED) is 0.921. The summed E-state index contributed by atoms with van der Waals surface area (Å²) in [6.45, 7) is 9.93. The lowest BCUT2D eigenvalue weighted by Crippen LogP contribution is -2.37. The first-order valence-electron chi connectivity index (χ1n) is 7.02. The molecule has 0 saturated carbocycles. The predicted octanol–water partition coefficient (Wildman–Crippen LogP) is 3.57. The van der Waals surface area contributed by atoms with E-state index >= 15 is 0 Å². The number of benzene rings is 1. The number of hydrogen-bond donors (Lipinski definition) is 1. The highest BCUT2D eigenvalue weighted by Gasteiger charge is 2.47. The molecule has 1 aromatic rings. The number of hydrogen-bond acceptors (Lipinski definition) is 3. The fourth-order valence-corrected chi connectivity index (χ4v) is 2.84. The Labute approximate surface area is 120 Å². The summed E-state index contributed by atoms with van der Waals surface area (Å²) in [4.78, 5) is 0. The van der Waals surface area contributed by atoms with Crippen molar-refractivity contribution in [3.05, 3.63) is 29.6 Å². The molecule has 0 amide bonds. The molecule has 1 aromatic carbocycles. The van der Waals surface area contributed by atoms with Crippen molar-refractivity contribution >= 4 is 0 Å². The van der Waals surface area contributed by atoms with Gasteiger partial charge in [0.2, 0.25) is 0 Å². The van der Waals surface area contributed by atoms with E-state index in [0.717, 1.165) is 12.0 Å². The molecule has 1 aliphatic heterocycles. The van der Waals surface area contributed by atoms with Crippen molar-refractivity contribution < 1.29 is 13.9 Å². The van der Waals surface area contributed by atoms with E-state index in [1.54, 1.807) is 6.07 Å². The Hall–Kier alpha value is -1.13. The number of ether oxygens (including phenoxy) is 2. The Balaban J connectivity index is 2.28. The lowest BCUT2D eigenvalue weighted by Gasteiger charge is -2.28. The third kappa shape index (κ3) is 3.13. The molecule has 0 aromatic heterocycles. The molecule has 1 saturated heterocycles. The standard InChI is InChI=1S/C16H24FNO2/c1-10(18)12-7-6-11(17)8-13(12)19-14-9-15(2,3)20-16(14,4)5/h6-8,10,14H,9,18H2,1-5H3/t10-,14?/m0/s1. The highest BCUT2D eigenvalue weighted by molar-refractivity contribution is 5.36. The highest BCUT2D eigenvalue weighted by atomic mass is 19.1. The SMILES string of the molecule is C[C@H](N)c1ccc(F)cc1OC1CC(C)(C)OC1(C)C. The molecule has 0 aliphatic carbocycles. The van der Waals surface area contributed by atoms with Crippen LogP contribution in [0, 0.1) is 5.82 Å². The molecule has 2 rings (SSSR count). The first-order valence-corrected chi connectivity index (χ1v) is 7.02. The Morgan fingerprint density at radius 3 is 2.50 bits per heavy atom. The first-order chi connectivity index (χ1) is 9.11. The third-order valence-electron chi connectivity index (χ3n) is 3.73. The van der Waals surface area contributed by atoms with Gasteiger partial charge in [-0.3, -0.25) is 0 Å². The second kappa shape index (κ2) is 5.01. The van der Waals surface area contributed by atoms with Crippen LogP contribution in [0.1, 0.15) is 52.6 Å². The fourth-order valence-electron chi connectivity index (χ4n) is 2.84. The van der Waals surface area contributed by atoms with Gasteiger partial charge in [0, 0.05) is 24.1 Å². The van der Waals surface area contributed by atoms with Gasteiger partial charge in [-0.05, 0) is 40.7 Å². The Bertz CT molecular complexity index is 497. The molecule has 20 heavy (non-hydrogen) atoms. The normalized spacial score (nSPS) is 25.4. The summed E-state index contributed by atoms with van der Waals surface area (Å²) in [5.74, 6) is 0.194. The Morgan fingerprint density at radius 1 is 1.35 bits per heavy atom. The molecule has 0 radical (unpaired) electrons. The average Bonchev–Trinajstić information content (AvgIpc) is 2.46. The zero-order valence-electron chi connectivity index (χ0n) is 12.9. The van der Waals surface area contributed by atoms with Crippen LogP contribution in [0.15, 0.2) is 18.2 Å². The maximum atomic E-state index is 13.5. The Morgan fingerprint density at radius 2 is 2.00 bits per heavy atom. The van der Waals surface area contributed by atoms with E-state index in [0.29, 0.717) is 5.75 Å². The molecule has 1 fully saturated rings. The van der Waals surface area contributed by atoms with E-state index in [9.17, 15) is 4.39 Å². The molecule has 2 N–H and O–H groups in total. The van der Waals surface area contributed by atoms with Crippen LogP contribution in [-0.2, 0) is 4.74 Å². The minimum Gasteiger partial charge on any atom is -0.487 e. The van der Waals surface area contributed by atoms with Gasteiger partial charge in [0.1, 0.15) is 23.3 Å². The molecular weight excluding hydrogens is 257 g/mol. The van der Waals surface area contributed by atoms with Gasteiger partial charge in [-0.15, -0.1) is 0 Å². The maximum absolute atomic E-state index is 13.5. The monoisotopic (exact) mass is 281 g/mol. The van der Waals surface area contributed by atoms with Gasteiger partial charge in [0.25, 0.3) is 0 Å². The van der Waals surface area contributed by atoms with Crippen molar-refractivity contribution in [3.63, 3.8) is 0 Å². The van der Waals surface area contributed by atoms with Gasteiger partial charge in [-0.1, -0.05) is 6.07 Å². The van der Waals surface area contributed by atoms with Crippen molar-refractivity contribution in [2.45, 2.75) is 64.4 Å². The summed E-state index contributed by atoms with van der Waals surface area (Å²) in [5, 5.41) is 0. The van der Waals surface area contributed by atoms with Gasteiger partial charge in [-0.2, -0.15) is 0 Å². The summed E-state index contributed by atoms with van der Waals surface area (Å²) in [5.41, 5.74) is 6.09. The van der Waals surface area contributed by atoms with Crippen LogP contribution >= 0.6 is 0 Å². The van der Waals surface area contributed by atoms with Gasteiger partial charge < -0.3 is 15.2 Å². The zero-order chi connectivity index (χ0) is 15.1. The molecule has 2 atom stereocenters. The molecule has 4 heteroatoms. The van der Waals surface area contributed by atoms with E-state index < -0.39 is 5.60 Å². The molecule has 1 heterocycles. The van der Waals surface area contributed by atoms with E-state index in [2.05, 4.69) is 0 Å². The van der Waals surface area contributed by atoms with E-state index in [-0.39, 0.29) is 23.6 Å². The smallest absolute Gasteiger partial charge is 0.130 e. The highest BCUT2D eigenvalue weighted by Crippen LogP contribution is 2.40. The topological polar surface area (TPSA) is 44.5 Å². The van der Waals surface area contributed by atoms with Gasteiger partial charge >= 0.3 is 0 Å². The van der Waals surface area contributed by atoms with Crippen LogP contribution in [0.2, 0.25) is 0 Å². The fraction of sp³-hybridized carbons (Fsp3) is 0.625. The van der Waals surface area contributed by atoms with Crippen molar-refractivity contribution in [3.8, 4) is 5.75 Å². The Kier molecular flexibility index (Phi) is 3.82. The number of halogens is 1. The molecule has 1 unspecified atom stereocenters. The van der Waals surface area contributed by atoms with Crippen LogP contribution < -0.4 is 10.5 Å². The van der Waals surface area contributed by atoms with Crippen molar-refractivity contribution in [1.29, 1.82) is 0 Å². The summed E-state index contributed by atoms with van der Waals surface area (Å²) < 4.78 is 25.5. The van der Waals surface area contributed by atoms with Crippen LogP contribution in [0.5, 0.6) is 5.75 Å². The summed E-state index contributed by atoms with van der Waals surface area (Å²) in [6.07, 6.45) is 0.631. The van der Waals surface area contributed by atoms with Gasteiger partial charge in [0.05, 0.1) is 5.60 Å². The molecule has 1 aliphatic rings. The number of rotatable bonds is 3. The van der Waals surface area contributed by atoms with E-state index in [4.69, 9.17) is 15.2 Å². The summed E-state index contributed by atoms with van der Waals surface area (Å²) >= 11 is 0. The number of nitrogens with two attached hydrogens (primary N) is 1. The van der Waals surface area contributed by atoms with Crippen LogP contribution in [-0.4, -0.2) is 17.3 Å². The van der Waals surface area contributed by atoms with Crippen LogP contribution in [0.3, 0.4) is 0 Å². The van der Waals surface area contributed by atoms with E-state index in [1.165, 1.54) is 12.1 Å². The largest absolute Gasteiger partial charge is 0.487 e. The van der Waals surface area contributed by atoms with Crippen molar-refractivity contribution in [2.24, 2.45) is 5.73 Å². The first kappa shape index (κ1) is 15.3. The van der Waals surface area contributed by atoms with Crippen molar-refractivity contribution in [2.75, 3.05) is 0 Å². The summed E-state index contributed by atoms with van der Waals surface area (Å²) in [6, 6.07) is 4.29. The van der Waals surface area contributed by atoms with Gasteiger partial charge in [-0.25, -0.2) is 4.39 Å². The second-order valence-electron chi connectivity index (χ2n) is 6.75. The zero-order valence-corrected chi connectivity index (χ0v) is 12.9.